The van der Waals surface area contributed by atoms with Crippen LogP contribution in [0.5, 0.6) is 0 Å². The second kappa shape index (κ2) is 6.34. The van der Waals surface area contributed by atoms with E-state index in [9.17, 15) is 9.59 Å². The Morgan fingerprint density at radius 1 is 1.05 bits per heavy atom. The maximum absolute atomic E-state index is 11.3. The summed E-state index contributed by atoms with van der Waals surface area (Å²) in [6.07, 6.45) is 3.01. The van der Waals surface area contributed by atoms with Gasteiger partial charge in [-0.05, 0) is 24.3 Å². The van der Waals surface area contributed by atoms with E-state index in [4.69, 9.17) is 13.9 Å². The first-order chi connectivity index (χ1) is 9.25. The van der Waals surface area contributed by atoms with Gasteiger partial charge in [0, 0.05) is 6.20 Å². The standard InChI is InChI=1S/C13H11NO5/c15-12(18-8-10-4-1-2-6-14-10)13(16)19-9-11-5-3-7-17-11/h1-7H,8-9H2. The van der Waals surface area contributed by atoms with E-state index in [0.717, 1.165) is 0 Å². The molecule has 0 saturated heterocycles. The lowest BCUT2D eigenvalue weighted by Gasteiger charge is -2.04. The molecule has 0 N–H and O–H groups in total. The van der Waals surface area contributed by atoms with Crippen molar-refractivity contribution in [2.45, 2.75) is 13.2 Å². The molecule has 0 aliphatic rings. The van der Waals surface area contributed by atoms with Gasteiger partial charge in [-0.2, -0.15) is 0 Å². The van der Waals surface area contributed by atoms with Crippen LogP contribution in [0.1, 0.15) is 11.5 Å². The molecule has 0 bridgehead atoms. The number of hydrogen-bond donors (Lipinski definition) is 0. The third kappa shape index (κ3) is 3.95. The number of carbonyl (C=O) groups excluding carboxylic acids is 2. The fourth-order valence-electron chi connectivity index (χ4n) is 1.27. The lowest BCUT2D eigenvalue weighted by molar-refractivity contribution is -0.169. The van der Waals surface area contributed by atoms with Gasteiger partial charge in [0.25, 0.3) is 0 Å². The molecule has 0 atom stereocenters. The largest absolute Gasteiger partial charge is 0.466 e. The van der Waals surface area contributed by atoms with E-state index in [1.807, 2.05) is 0 Å². The van der Waals surface area contributed by atoms with Crippen molar-refractivity contribution in [3.05, 3.63) is 54.2 Å². The quantitative estimate of drug-likeness (QED) is 0.612. The molecule has 0 fully saturated rings. The third-order valence-electron chi connectivity index (χ3n) is 2.17. The van der Waals surface area contributed by atoms with Crippen molar-refractivity contribution in [1.29, 1.82) is 0 Å². The molecule has 6 heteroatoms. The first-order valence-electron chi connectivity index (χ1n) is 5.52. The molecule has 0 saturated carbocycles. The summed E-state index contributed by atoms with van der Waals surface area (Å²) < 4.78 is 14.4. The van der Waals surface area contributed by atoms with Crippen LogP contribution >= 0.6 is 0 Å². The number of esters is 2. The minimum Gasteiger partial charge on any atom is -0.466 e. The van der Waals surface area contributed by atoms with E-state index in [2.05, 4.69) is 4.98 Å². The van der Waals surface area contributed by atoms with E-state index in [-0.39, 0.29) is 13.2 Å². The Bertz CT molecular complexity index is 535. The normalized spacial score (nSPS) is 9.89. The molecule has 0 aromatic carbocycles. The van der Waals surface area contributed by atoms with Crippen LogP contribution < -0.4 is 0 Å². The number of hydrogen-bond acceptors (Lipinski definition) is 6. The molecule has 0 spiro atoms. The van der Waals surface area contributed by atoms with Crippen LogP contribution in [-0.4, -0.2) is 16.9 Å². The number of carbonyl (C=O) groups is 2. The number of pyridine rings is 1. The Hall–Kier alpha value is -2.63. The van der Waals surface area contributed by atoms with Crippen molar-refractivity contribution in [3.63, 3.8) is 0 Å². The highest BCUT2D eigenvalue weighted by molar-refractivity contribution is 6.29. The van der Waals surface area contributed by atoms with Gasteiger partial charge in [0.1, 0.15) is 19.0 Å². The monoisotopic (exact) mass is 261 g/mol. The minimum absolute atomic E-state index is 0.0739. The molecule has 0 unspecified atom stereocenters. The zero-order valence-corrected chi connectivity index (χ0v) is 9.94. The van der Waals surface area contributed by atoms with Crippen LogP contribution in [0.4, 0.5) is 0 Å². The lowest BCUT2D eigenvalue weighted by atomic mass is 10.4. The third-order valence-corrected chi connectivity index (χ3v) is 2.17. The summed E-state index contributed by atoms with van der Waals surface area (Å²) in [7, 11) is 0. The summed E-state index contributed by atoms with van der Waals surface area (Å²) in [5.74, 6) is -1.67. The van der Waals surface area contributed by atoms with Gasteiger partial charge in [0.15, 0.2) is 0 Å². The molecule has 0 amide bonds. The summed E-state index contributed by atoms with van der Waals surface area (Å²) in [6, 6.07) is 8.46. The molecule has 0 radical (unpaired) electrons. The fraction of sp³-hybridized carbons (Fsp3) is 0.154. The topological polar surface area (TPSA) is 78.6 Å². The summed E-state index contributed by atoms with van der Waals surface area (Å²) in [4.78, 5) is 26.6. The molecule has 6 nitrogen and oxygen atoms in total. The Morgan fingerprint density at radius 2 is 1.84 bits per heavy atom. The van der Waals surface area contributed by atoms with Gasteiger partial charge in [-0.25, -0.2) is 9.59 Å². The van der Waals surface area contributed by atoms with Gasteiger partial charge in [-0.3, -0.25) is 4.98 Å². The average Bonchev–Trinajstić information content (AvgIpc) is 2.96. The Morgan fingerprint density at radius 3 is 2.47 bits per heavy atom. The van der Waals surface area contributed by atoms with E-state index in [1.165, 1.54) is 6.26 Å². The highest BCUT2D eigenvalue weighted by Gasteiger charge is 2.18. The Kier molecular flexibility index (Phi) is 4.28. The van der Waals surface area contributed by atoms with Crippen LogP contribution in [0.3, 0.4) is 0 Å². The molecular formula is C13H11NO5. The predicted molar refractivity (Wildman–Crippen MR) is 62.5 cm³/mol. The Labute approximate surface area is 109 Å². The van der Waals surface area contributed by atoms with Gasteiger partial charge in [0.2, 0.25) is 0 Å². The molecule has 19 heavy (non-hydrogen) atoms. The molecule has 98 valence electrons. The van der Waals surface area contributed by atoms with Crippen molar-refractivity contribution < 1.29 is 23.5 Å². The van der Waals surface area contributed by atoms with Crippen LogP contribution in [0, 0.1) is 0 Å². The minimum atomic E-state index is -1.06. The zero-order valence-electron chi connectivity index (χ0n) is 9.94. The number of aromatic nitrogens is 1. The zero-order chi connectivity index (χ0) is 13.5. The van der Waals surface area contributed by atoms with Crippen LogP contribution in [0.2, 0.25) is 0 Å². The van der Waals surface area contributed by atoms with Crippen molar-refractivity contribution in [3.8, 4) is 0 Å². The molecule has 2 aromatic rings. The maximum atomic E-state index is 11.3. The molecule has 2 rings (SSSR count). The van der Waals surface area contributed by atoms with Crippen LogP contribution in [-0.2, 0) is 32.3 Å². The number of nitrogens with zero attached hydrogens (tertiary/aromatic N) is 1. The predicted octanol–water partition coefficient (Wildman–Crippen LogP) is 1.46. The van der Waals surface area contributed by atoms with Gasteiger partial charge in [-0.15, -0.1) is 0 Å². The summed E-state index contributed by atoms with van der Waals surface area (Å²) >= 11 is 0. The SMILES string of the molecule is O=C(OCc1ccccn1)C(=O)OCc1ccco1. The van der Waals surface area contributed by atoms with Crippen molar-refractivity contribution in [1.82, 2.24) is 4.98 Å². The first kappa shape index (κ1) is 12.8. The molecule has 2 aromatic heterocycles. The number of ether oxygens (including phenoxy) is 2. The smallest absolute Gasteiger partial charge is 0.417 e. The van der Waals surface area contributed by atoms with E-state index in [1.54, 1.807) is 36.5 Å². The van der Waals surface area contributed by atoms with Crippen molar-refractivity contribution in [2.24, 2.45) is 0 Å². The molecule has 0 aliphatic carbocycles. The molecule has 0 aliphatic heterocycles. The molecule has 2 heterocycles. The van der Waals surface area contributed by atoms with Crippen molar-refractivity contribution in [2.75, 3.05) is 0 Å². The summed E-state index contributed by atoms with van der Waals surface area (Å²) in [5.41, 5.74) is 0.551. The highest BCUT2D eigenvalue weighted by atomic mass is 16.6. The number of rotatable bonds is 4. The average molecular weight is 261 g/mol. The van der Waals surface area contributed by atoms with Gasteiger partial charge < -0.3 is 13.9 Å². The van der Waals surface area contributed by atoms with E-state index < -0.39 is 11.9 Å². The highest BCUT2D eigenvalue weighted by Crippen LogP contribution is 2.03. The van der Waals surface area contributed by atoms with Gasteiger partial charge in [-0.1, -0.05) is 6.07 Å². The van der Waals surface area contributed by atoms with Crippen LogP contribution in [0.15, 0.2) is 47.2 Å². The first-order valence-corrected chi connectivity index (χ1v) is 5.52. The van der Waals surface area contributed by atoms with Crippen molar-refractivity contribution >= 4 is 11.9 Å². The van der Waals surface area contributed by atoms with Gasteiger partial charge >= 0.3 is 11.9 Å². The molecular weight excluding hydrogens is 250 g/mol. The second-order valence-electron chi connectivity index (χ2n) is 3.55. The maximum Gasteiger partial charge on any atom is 0.417 e. The fourth-order valence-corrected chi connectivity index (χ4v) is 1.27. The number of furan rings is 1. The summed E-state index contributed by atoms with van der Waals surface area (Å²) in [5, 5.41) is 0. The second-order valence-corrected chi connectivity index (χ2v) is 3.55. The van der Waals surface area contributed by atoms with E-state index in [0.29, 0.717) is 11.5 Å². The van der Waals surface area contributed by atoms with Crippen LogP contribution in [0.25, 0.3) is 0 Å². The summed E-state index contributed by atoms with van der Waals surface area (Å²) in [6.45, 7) is -0.181. The van der Waals surface area contributed by atoms with Gasteiger partial charge in [0.05, 0.1) is 12.0 Å². The Balaban J connectivity index is 1.75. The van der Waals surface area contributed by atoms with E-state index >= 15 is 0 Å². The lowest BCUT2D eigenvalue weighted by Crippen LogP contribution is -2.20.